The summed E-state index contributed by atoms with van der Waals surface area (Å²) in [5, 5.41) is 6.35. The van der Waals surface area contributed by atoms with Gasteiger partial charge in [-0.1, -0.05) is 6.07 Å². The van der Waals surface area contributed by atoms with Crippen molar-refractivity contribution in [3.05, 3.63) is 48.4 Å². The van der Waals surface area contributed by atoms with Crippen molar-refractivity contribution in [1.29, 1.82) is 0 Å². The van der Waals surface area contributed by atoms with Crippen molar-refractivity contribution in [3.8, 4) is 11.3 Å². The molecule has 0 spiro atoms. The van der Waals surface area contributed by atoms with Crippen LogP contribution in [0.5, 0.6) is 0 Å². The molecular formula is C20H20N6O2. The van der Waals surface area contributed by atoms with Gasteiger partial charge in [0.05, 0.1) is 18.2 Å². The Balaban J connectivity index is 1.82. The number of H-pyrrole nitrogens is 1. The number of nitrogens with zero attached hydrogens (tertiary/aromatic N) is 3. The van der Waals surface area contributed by atoms with E-state index in [4.69, 9.17) is 0 Å². The van der Waals surface area contributed by atoms with E-state index in [1.807, 2.05) is 42.1 Å². The van der Waals surface area contributed by atoms with E-state index in [0.29, 0.717) is 6.41 Å². The fourth-order valence-electron chi connectivity index (χ4n) is 3.48. The Bertz CT molecular complexity index is 1140. The molecule has 0 bridgehead atoms. The van der Waals surface area contributed by atoms with E-state index in [1.54, 1.807) is 19.4 Å². The number of benzene rings is 1. The van der Waals surface area contributed by atoms with E-state index in [0.717, 1.165) is 38.9 Å². The first kappa shape index (κ1) is 17.7. The second-order valence-electron chi connectivity index (χ2n) is 6.62. The topological polar surface area (TPSA) is 105 Å². The quantitative estimate of drug-likeness (QED) is 0.448. The first-order valence-corrected chi connectivity index (χ1v) is 8.90. The van der Waals surface area contributed by atoms with Crippen molar-refractivity contribution in [1.82, 2.24) is 30.2 Å². The zero-order valence-electron chi connectivity index (χ0n) is 15.6. The van der Waals surface area contributed by atoms with Gasteiger partial charge in [0.15, 0.2) is 5.65 Å². The predicted molar refractivity (Wildman–Crippen MR) is 106 cm³/mol. The molecule has 8 nitrogen and oxygen atoms in total. The van der Waals surface area contributed by atoms with Crippen LogP contribution in [0.1, 0.15) is 18.0 Å². The minimum Gasteiger partial charge on any atom is -0.359 e. The molecular weight excluding hydrogens is 356 g/mol. The van der Waals surface area contributed by atoms with Crippen LogP contribution >= 0.6 is 0 Å². The molecule has 28 heavy (non-hydrogen) atoms. The SMILES string of the molecule is CNC(=O)CC(NC=O)c1ccc2c(c1)c(-c1cc3nccnc3[nH]1)cn2C. The van der Waals surface area contributed by atoms with Crippen molar-refractivity contribution < 1.29 is 9.59 Å². The van der Waals surface area contributed by atoms with Crippen molar-refractivity contribution >= 4 is 34.4 Å². The van der Waals surface area contributed by atoms with E-state index in [9.17, 15) is 9.59 Å². The Kier molecular flexibility index (Phi) is 4.52. The smallest absolute Gasteiger partial charge is 0.222 e. The highest BCUT2D eigenvalue weighted by atomic mass is 16.1. The maximum Gasteiger partial charge on any atom is 0.222 e. The molecule has 0 aliphatic rings. The highest BCUT2D eigenvalue weighted by molar-refractivity contribution is 5.97. The first-order chi connectivity index (χ1) is 13.6. The molecule has 0 aliphatic carbocycles. The normalized spacial score (nSPS) is 12.2. The van der Waals surface area contributed by atoms with Crippen molar-refractivity contribution in [2.75, 3.05) is 7.05 Å². The van der Waals surface area contributed by atoms with Crippen LogP contribution in [0, 0.1) is 0 Å². The molecule has 2 amide bonds. The number of amides is 2. The Labute approximate surface area is 161 Å². The molecule has 3 N–H and O–H groups in total. The number of hydrogen-bond acceptors (Lipinski definition) is 4. The van der Waals surface area contributed by atoms with Gasteiger partial charge in [-0.2, -0.15) is 0 Å². The number of fused-ring (bicyclic) bond motifs is 2. The summed E-state index contributed by atoms with van der Waals surface area (Å²) in [5.74, 6) is -0.138. The van der Waals surface area contributed by atoms with Crippen molar-refractivity contribution in [2.24, 2.45) is 7.05 Å². The Hall–Kier alpha value is -3.68. The number of rotatable bonds is 6. The van der Waals surface area contributed by atoms with Crippen LogP contribution in [0.15, 0.2) is 42.9 Å². The molecule has 3 heterocycles. The minimum atomic E-state index is -0.402. The summed E-state index contributed by atoms with van der Waals surface area (Å²) < 4.78 is 2.04. The van der Waals surface area contributed by atoms with E-state index in [1.165, 1.54) is 0 Å². The van der Waals surface area contributed by atoms with Gasteiger partial charge in [0.25, 0.3) is 0 Å². The second kappa shape index (κ2) is 7.15. The molecule has 4 rings (SSSR count). The molecule has 1 unspecified atom stereocenters. The van der Waals surface area contributed by atoms with Gasteiger partial charge in [0.2, 0.25) is 12.3 Å². The van der Waals surface area contributed by atoms with Crippen LogP contribution in [0.4, 0.5) is 0 Å². The largest absolute Gasteiger partial charge is 0.359 e. The third-order valence-corrected chi connectivity index (χ3v) is 4.90. The Morgan fingerprint density at radius 3 is 2.86 bits per heavy atom. The number of aryl methyl sites for hydroxylation is 1. The standard InChI is InChI=1S/C20H20N6O2/c1-21-19(28)9-15(24-11-27)12-3-4-18-13(7-12)14(10-26(18)2)16-8-17-20(25-16)23-6-5-22-17/h3-8,10-11,15H,9H2,1-2H3,(H,21,28)(H,23,25)(H,24,27). The van der Waals surface area contributed by atoms with Crippen LogP contribution in [0.3, 0.4) is 0 Å². The third kappa shape index (κ3) is 3.09. The Morgan fingerprint density at radius 2 is 2.11 bits per heavy atom. The summed E-state index contributed by atoms with van der Waals surface area (Å²) in [4.78, 5) is 34.8. The van der Waals surface area contributed by atoms with Gasteiger partial charge in [0, 0.05) is 49.2 Å². The fourth-order valence-corrected chi connectivity index (χ4v) is 3.48. The lowest BCUT2D eigenvalue weighted by molar-refractivity contribution is -0.121. The molecule has 8 heteroatoms. The van der Waals surface area contributed by atoms with Gasteiger partial charge >= 0.3 is 0 Å². The average Bonchev–Trinajstić information content (AvgIpc) is 3.28. The summed E-state index contributed by atoms with van der Waals surface area (Å²) in [6.07, 6.45) is 6.15. The van der Waals surface area contributed by atoms with Crippen molar-refractivity contribution in [2.45, 2.75) is 12.5 Å². The van der Waals surface area contributed by atoms with Gasteiger partial charge in [-0.05, 0) is 23.8 Å². The van der Waals surface area contributed by atoms with Gasteiger partial charge < -0.3 is 20.2 Å². The van der Waals surface area contributed by atoms with Gasteiger partial charge in [-0.15, -0.1) is 0 Å². The molecule has 0 saturated carbocycles. The number of carbonyl (C=O) groups is 2. The number of hydrogen-bond donors (Lipinski definition) is 3. The summed E-state index contributed by atoms with van der Waals surface area (Å²) >= 11 is 0. The Morgan fingerprint density at radius 1 is 1.29 bits per heavy atom. The molecule has 0 saturated heterocycles. The molecule has 0 aliphatic heterocycles. The molecule has 3 aromatic heterocycles. The summed E-state index contributed by atoms with van der Waals surface area (Å²) in [6, 6.07) is 7.51. The molecule has 0 radical (unpaired) electrons. The summed E-state index contributed by atoms with van der Waals surface area (Å²) in [5.41, 5.74) is 5.35. The van der Waals surface area contributed by atoms with Crippen molar-refractivity contribution in [3.63, 3.8) is 0 Å². The van der Waals surface area contributed by atoms with Gasteiger partial charge in [-0.3, -0.25) is 14.6 Å². The highest BCUT2D eigenvalue weighted by Gasteiger charge is 2.18. The average molecular weight is 376 g/mol. The number of aromatic amines is 1. The molecule has 0 fully saturated rings. The fraction of sp³-hybridized carbons (Fsp3) is 0.200. The maximum absolute atomic E-state index is 11.8. The maximum atomic E-state index is 11.8. The van der Waals surface area contributed by atoms with E-state index in [2.05, 4.69) is 25.6 Å². The molecule has 1 aromatic carbocycles. The third-order valence-electron chi connectivity index (χ3n) is 4.90. The van der Waals surface area contributed by atoms with E-state index < -0.39 is 6.04 Å². The lowest BCUT2D eigenvalue weighted by Gasteiger charge is -2.16. The molecule has 4 aromatic rings. The molecule has 1 atom stereocenters. The van der Waals surface area contributed by atoms with E-state index in [-0.39, 0.29) is 12.3 Å². The van der Waals surface area contributed by atoms with Crippen LogP contribution < -0.4 is 10.6 Å². The number of nitrogens with one attached hydrogen (secondary N) is 3. The van der Waals surface area contributed by atoms with Crippen LogP contribution in [-0.2, 0) is 16.6 Å². The zero-order valence-corrected chi connectivity index (χ0v) is 15.6. The lowest BCUT2D eigenvalue weighted by Crippen LogP contribution is -2.27. The number of carbonyl (C=O) groups excluding carboxylic acids is 2. The summed E-state index contributed by atoms with van der Waals surface area (Å²) in [6.45, 7) is 0. The van der Waals surface area contributed by atoms with E-state index >= 15 is 0 Å². The van der Waals surface area contributed by atoms with Crippen LogP contribution in [0.25, 0.3) is 33.3 Å². The number of aromatic nitrogens is 4. The van der Waals surface area contributed by atoms with Crippen LogP contribution in [0.2, 0.25) is 0 Å². The first-order valence-electron chi connectivity index (χ1n) is 8.90. The van der Waals surface area contributed by atoms with Crippen LogP contribution in [-0.4, -0.2) is 38.9 Å². The highest BCUT2D eigenvalue weighted by Crippen LogP contribution is 2.33. The van der Waals surface area contributed by atoms with Gasteiger partial charge in [0.1, 0.15) is 5.52 Å². The van der Waals surface area contributed by atoms with Gasteiger partial charge in [-0.25, -0.2) is 4.98 Å². The predicted octanol–water partition coefficient (Wildman–Crippen LogP) is 2.04. The minimum absolute atomic E-state index is 0.138. The second-order valence-corrected chi connectivity index (χ2v) is 6.62. The molecule has 142 valence electrons. The monoisotopic (exact) mass is 376 g/mol. The lowest BCUT2D eigenvalue weighted by atomic mass is 10.00. The zero-order chi connectivity index (χ0) is 19.7. The summed E-state index contributed by atoms with van der Waals surface area (Å²) in [7, 11) is 3.56.